The fourth-order valence-corrected chi connectivity index (χ4v) is 2.75. The molecule has 2 rings (SSSR count). The molecule has 0 saturated carbocycles. The first-order chi connectivity index (χ1) is 12.0. The summed E-state index contributed by atoms with van der Waals surface area (Å²) in [6.07, 6.45) is 0. The average Bonchev–Trinajstić information content (AvgIpc) is 2.59. The van der Waals surface area contributed by atoms with Crippen LogP contribution in [0, 0.1) is 13.8 Å². The van der Waals surface area contributed by atoms with Gasteiger partial charge in [0.25, 0.3) is 5.91 Å². The summed E-state index contributed by atoms with van der Waals surface area (Å²) in [7, 11) is 0. The third-order valence-corrected chi connectivity index (χ3v) is 3.95. The van der Waals surface area contributed by atoms with E-state index in [-0.39, 0.29) is 5.91 Å². The predicted molar refractivity (Wildman–Crippen MR) is 101 cm³/mol. The second-order valence-electron chi connectivity index (χ2n) is 6.03. The molecule has 4 heteroatoms. The standard InChI is InChI=1S/C21H27NO3/c1-5-22(6-2)21(23)18-8-7-9-19(15-18)24-10-11-25-20-13-16(3)12-17(4)14-20/h7-9,12-15H,5-6,10-11H2,1-4H3. The smallest absolute Gasteiger partial charge is 0.253 e. The van der Waals surface area contributed by atoms with E-state index in [9.17, 15) is 4.79 Å². The molecule has 1 amide bonds. The maximum absolute atomic E-state index is 12.4. The first-order valence-electron chi connectivity index (χ1n) is 8.76. The number of rotatable bonds is 8. The van der Waals surface area contributed by atoms with Crippen molar-refractivity contribution in [3.63, 3.8) is 0 Å². The van der Waals surface area contributed by atoms with Gasteiger partial charge in [0.2, 0.25) is 0 Å². The Balaban J connectivity index is 1.89. The van der Waals surface area contributed by atoms with E-state index < -0.39 is 0 Å². The van der Waals surface area contributed by atoms with E-state index in [0.717, 1.165) is 5.75 Å². The molecule has 4 nitrogen and oxygen atoms in total. The van der Waals surface area contributed by atoms with Gasteiger partial charge in [0, 0.05) is 18.7 Å². The summed E-state index contributed by atoms with van der Waals surface area (Å²) in [4.78, 5) is 14.2. The van der Waals surface area contributed by atoms with Gasteiger partial charge in [-0.3, -0.25) is 4.79 Å². The monoisotopic (exact) mass is 341 g/mol. The maximum atomic E-state index is 12.4. The summed E-state index contributed by atoms with van der Waals surface area (Å²) in [5.41, 5.74) is 3.01. The molecule has 134 valence electrons. The molecule has 0 aromatic heterocycles. The molecule has 2 aromatic rings. The van der Waals surface area contributed by atoms with Gasteiger partial charge < -0.3 is 14.4 Å². The third-order valence-electron chi connectivity index (χ3n) is 3.95. The summed E-state index contributed by atoms with van der Waals surface area (Å²) in [5, 5.41) is 0. The van der Waals surface area contributed by atoms with Gasteiger partial charge in [0.15, 0.2) is 0 Å². The van der Waals surface area contributed by atoms with E-state index in [0.29, 0.717) is 37.6 Å². The zero-order valence-corrected chi connectivity index (χ0v) is 15.5. The molecular formula is C21H27NO3. The van der Waals surface area contributed by atoms with Gasteiger partial charge in [-0.1, -0.05) is 12.1 Å². The van der Waals surface area contributed by atoms with Crippen LogP contribution in [0.25, 0.3) is 0 Å². The fraction of sp³-hybridized carbons (Fsp3) is 0.381. The molecule has 0 aliphatic heterocycles. The highest BCUT2D eigenvalue weighted by Gasteiger charge is 2.12. The lowest BCUT2D eigenvalue weighted by Gasteiger charge is -2.19. The van der Waals surface area contributed by atoms with Crippen molar-refractivity contribution in [3.8, 4) is 11.5 Å². The van der Waals surface area contributed by atoms with Crippen molar-refractivity contribution in [2.75, 3.05) is 26.3 Å². The second kappa shape index (κ2) is 9.11. The highest BCUT2D eigenvalue weighted by Crippen LogP contribution is 2.17. The molecule has 0 spiro atoms. The minimum absolute atomic E-state index is 0.0296. The van der Waals surface area contributed by atoms with E-state index >= 15 is 0 Å². The van der Waals surface area contributed by atoms with E-state index in [1.807, 2.05) is 44.2 Å². The van der Waals surface area contributed by atoms with Gasteiger partial charge >= 0.3 is 0 Å². The van der Waals surface area contributed by atoms with E-state index in [1.54, 1.807) is 11.0 Å². The zero-order chi connectivity index (χ0) is 18.2. The van der Waals surface area contributed by atoms with Gasteiger partial charge in [0.1, 0.15) is 24.7 Å². The van der Waals surface area contributed by atoms with Crippen LogP contribution in [0.3, 0.4) is 0 Å². The van der Waals surface area contributed by atoms with Crippen molar-refractivity contribution in [3.05, 3.63) is 59.2 Å². The molecular weight excluding hydrogens is 314 g/mol. The third kappa shape index (κ3) is 5.52. The highest BCUT2D eigenvalue weighted by atomic mass is 16.5. The Kier molecular flexibility index (Phi) is 6.87. The topological polar surface area (TPSA) is 38.8 Å². The van der Waals surface area contributed by atoms with Crippen molar-refractivity contribution in [1.82, 2.24) is 4.90 Å². The fourth-order valence-electron chi connectivity index (χ4n) is 2.75. The van der Waals surface area contributed by atoms with Crippen molar-refractivity contribution in [1.29, 1.82) is 0 Å². The number of hydrogen-bond donors (Lipinski definition) is 0. The SMILES string of the molecule is CCN(CC)C(=O)c1cccc(OCCOc2cc(C)cc(C)c2)c1. The number of carbonyl (C=O) groups excluding carboxylic acids is 1. The number of benzene rings is 2. The minimum Gasteiger partial charge on any atom is -0.490 e. The highest BCUT2D eigenvalue weighted by molar-refractivity contribution is 5.94. The Bertz CT molecular complexity index is 688. The molecule has 0 unspecified atom stereocenters. The first kappa shape index (κ1) is 18.8. The lowest BCUT2D eigenvalue weighted by Crippen LogP contribution is -2.30. The summed E-state index contributed by atoms with van der Waals surface area (Å²) in [5.74, 6) is 1.57. The summed E-state index contributed by atoms with van der Waals surface area (Å²) in [6.45, 7) is 10.3. The summed E-state index contributed by atoms with van der Waals surface area (Å²) >= 11 is 0. The zero-order valence-electron chi connectivity index (χ0n) is 15.5. The normalized spacial score (nSPS) is 10.4. The number of ether oxygens (including phenoxy) is 2. The van der Waals surface area contributed by atoms with Crippen LogP contribution in [0.15, 0.2) is 42.5 Å². The van der Waals surface area contributed by atoms with Crippen molar-refractivity contribution in [2.24, 2.45) is 0 Å². The Morgan fingerprint density at radius 2 is 1.48 bits per heavy atom. The molecule has 0 atom stereocenters. The molecule has 0 saturated heterocycles. The molecule has 0 radical (unpaired) electrons. The number of amides is 1. The van der Waals surface area contributed by atoms with Gasteiger partial charge in [-0.2, -0.15) is 0 Å². The van der Waals surface area contributed by atoms with Crippen LogP contribution in [0.4, 0.5) is 0 Å². The van der Waals surface area contributed by atoms with Crippen molar-refractivity contribution in [2.45, 2.75) is 27.7 Å². The molecule has 2 aromatic carbocycles. The molecule has 0 bridgehead atoms. The van der Waals surface area contributed by atoms with E-state index in [2.05, 4.69) is 19.9 Å². The lowest BCUT2D eigenvalue weighted by atomic mass is 10.1. The minimum atomic E-state index is 0.0296. The van der Waals surface area contributed by atoms with Gasteiger partial charge in [0.05, 0.1) is 0 Å². The summed E-state index contributed by atoms with van der Waals surface area (Å²) in [6, 6.07) is 13.4. The largest absolute Gasteiger partial charge is 0.490 e. The van der Waals surface area contributed by atoms with E-state index in [4.69, 9.17) is 9.47 Å². The van der Waals surface area contributed by atoms with Gasteiger partial charge in [-0.15, -0.1) is 0 Å². The van der Waals surface area contributed by atoms with Crippen LogP contribution in [0.1, 0.15) is 35.3 Å². The first-order valence-corrected chi connectivity index (χ1v) is 8.76. The number of nitrogens with zero attached hydrogens (tertiary/aromatic N) is 1. The molecule has 0 heterocycles. The van der Waals surface area contributed by atoms with Crippen LogP contribution >= 0.6 is 0 Å². The Morgan fingerprint density at radius 1 is 0.880 bits per heavy atom. The molecule has 0 aliphatic carbocycles. The van der Waals surface area contributed by atoms with Crippen LogP contribution in [0.2, 0.25) is 0 Å². The van der Waals surface area contributed by atoms with Crippen LogP contribution < -0.4 is 9.47 Å². The number of carbonyl (C=O) groups is 1. The van der Waals surface area contributed by atoms with Crippen LogP contribution in [-0.2, 0) is 0 Å². The Morgan fingerprint density at radius 3 is 2.08 bits per heavy atom. The van der Waals surface area contributed by atoms with Crippen molar-refractivity contribution < 1.29 is 14.3 Å². The number of hydrogen-bond acceptors (Lipinski definition) is 3. The summed E-state index contributed by atoms with van der Waals surface area (Å²) < 4.78 is 11.5. The van der Waals surface area contributed by atoms with Crippen LogP contribution in [-0.4, -0.2) is 37.1 Å². The lowest BCUT2D eigenvalue weighted by molar-refractivity contribution is 0.0772. The van der Waals surface area contributed by atoms with E-state index in [1.165, 1.54) is 11.1 Å². The van der Waals surface area contributed by atoms with Crippen LogP contribution in [0.5, 0.6) is 11.5 Å². The Labute approximate surface area is 150 Å². The quantitative estimate of drug-likeness (QED) is 0.674. The maximum Gasteiger partial charge on any atom is 0.253 e. The average molecular weight is 341 g/mol. The van der Waals surface area contributed by atoms with Gasteiger partial charge in [-0.25, -0.2) is 0 Å². The van der Waals surface area contributed by atoms with Crippen molar-refractivity contribution >= 4 is 5.91 Å². The van der Waals surface area contributed by atoms with Gasteiger partial charge in [-0.05, 0) is 69.2 Å². The Hall–Kier alpha value is -2.49. The molecule has 0 fully saturated rings. The second-order valence-corrected chi connectivity index (χ2v) is 6.03. The molecule has 0 N–H and O–H groups in total. The predicted octanol–water partition coefficient (Wildman–Crippen LogP) is 4.24. The molecule has 25 heavy (non-hydrogen) atoms. The molecule has 0 aliphatic rings. The number of aryl methyl sites for hydroxylation is 2.